The fourth-order valence-electron chi connectivity index (χ4n) is 9.29. The van der Waals surface area contributed by atoms with Crippen LogP contribution in [-0.4, -0.2) is 160 Å². The van der Waals surface area contributed by atoms with E-state index in [9.17, 15) is 45.3 Å². The Labute approximate surface area is 296 Å². The summed E-state index contributed by atoms with van der Waals surface area (Å²) in [5.74, 6) is -2.98. The molecule has 6 aliphatic rings. The van der Waals surface area contributed by atoms with Gasteiger partial charge in [0.2, 0.25) is 0 Å². The first-order valence-electron chi connectivity index (χ1n) is 18.2. The Morgan fingerprint density at radius 2 is 1.39 bits per heavy atom. The van der Waals surface area contributed by atoms with Gasteiger partial charge in [-0.2, -0.15) is 0 Å². The number of carbonyl (C=O) groups is 2. The SMILES string of the molecule is COC1CC(C2OC3CC(O)CC4OC(C(=O)O)CC(C2OC2OC(COC(=O)C=CC5CCC(O)CC5)C(O)C(O)C2O)C43)CC(OC)C1O. The summed E-state index contributed by atoms with van der Waals surface area (Å²) in [5, 5.41) is 74.2. The van der Waals surface area contributed by atoms with Crippen molar-refractivity contribution in [3.63, 3.8) is 0 Å². The van der Waals surface area contributed by atoms with Gasteiger partial charge in [-0.25, -0.2) is 9.59 Å². The smallest absolute Gasteiger partial charge is 0.332 e. The van der Waals surface area contributed by atoms with Crippen LogP contribution in [0, 0.1) is 23.7 Å². The maximum Gasteiger partial charge on any atom is 0.332 e. The predicted octanol–water partition coefficient (Wildman–Crippen LogP) is -0.973. The molecule has 0 aromatic heterocycles. The number of aliphatic carboxylic acids is 1. The largest absolute Gasteiger partial charge is 0.479 e. The molecule has 16 nitrogen and oxygen atoms in total. The van der Waals surface area contributed by atoms with E-state index in [1.807, 2.05) is 0 Å². The monoisotopic (exact) mass is 730 g/mol. The summed E-state index contributed by atoms with van der Waals surface area (Å²) in [6, 6.07) is 0. The Balaban J connectivity index is 1.23. The molecule has 16 heteroatoms. The number of carboxylic acid groups (broad SMARTS) is 1. The zero-order valence-corrected chi connectivity index (χ0v) is 29.0. The summed E-state index contributed by atoms with van der Waals surface area (Å²) in [5.41, 5.74) is 0. The predicted molar refractivity (Wildman–Crippen MR) is 172 cm³/mol. The highest BCUT2D eigenvalue weighted by Gasteiger charge is 2.60. The standard InChI is InChI=1S/C35H54O16/c1-45-22-9-16(10-23(46-2)28(22)39)32-33(19-13-24(34(43)44)48-20-11-18(37)12-21(49-32)27(19)20)51-35-31(42)30(41)29(40)25(50-35)14-47-26(38)8-5-15-3-6-17(36)7-4-15/h5,8,15-25,27-33,35-37,39-42H,3-4,6-7,9-14H2,1-2H3,(H,43,44). The van der Waals surface area contributed by atoms with Crippen LogP contribution in [-0.2, 0) is 42.7 Å². The van der Waals surface area contributed by atoms with E-state index < -0.39 is 110 Å². The third-order valence-electron chi connectivity index (χ3n) is 12.0. The van der Waals surface area contributed by atoms with Gasteiger partial charge < -0.3 is 68.9 Å². The molecule has 0 amide bonds. The Morgan fingerprint density at radius 1 is 0.745 bits per heavy atom. The van der Waals surface area contributed by atoms with E-state index in [0.717, 1.165) is 12.8 Å². The number of hydrogen-bond donors (Lipinski definition) is 7. The van der Waals surface area contributed by atoms with Gasteiger partial charge >= 0.3 is 11.9 Å². The van der Waals surface area contributed by atoms with Gasteiger partial charge in [0.1, 0.15) is 37.1 Å². The van der Waals surface area contributed by atoms with Crippen molar-refractivity contribution >= 4 is 11.9 Å². The quantitative estimate of drug-likeness (QED) is 0.106. The number of aliphatic hydroxyl groups is 6. The van der Waals surface area contributed by atoms with Crippen LogP contribution in [0.2, 0.25) is 0 Å². The minimum absolute atomic E-state index is 0.0334. The third-order valence-corrected chi connectivity index (χ3v) is 12.0. The van der Waals surface area contributed by atoms with Gasteiger partial charge in [0.05, 0.1) is 48.8 Å². The van der Waals surface area contributed by atoms with E-state index in [4.69, 9.17) is 33.2 Å². The number of carboxylic acids is 1. The molecule has 3 aliphatic heterocycles. The average molecular weight is 731 g/mol. The first-order chi connectivity index (χ1) is 24.4. The van der Waals surface area contributed by atoms with Crippen molar-refractivity contribution in [2.75, 3.05) is 20.8 Å². The normalized spacial score (nSPS) is 48.9. The van der Waals surface area contributed by atoms with Crippen molar-refractivity contribution in [3.8, 4) is 0 Å². The van der Waals surface area contributed by atoms with E-state index in [1.165, 1.54) is 20.3 Å². The molecule has 290 valence electrons. The summed E-state index contributed by atoms with van der Waals surface area (Å²) in [6.07, 6.45) is -8.30. The molecular weight excluding hydrogens is 676 g/mol. The summed E-state index contributed by atoms with van der Waals surface area (Å²) in [4.78, 5) is 24.9. The summed E-state index contributed by atoms with van der Waals surface area (Å²) in [6.45, 7) is -0.462. The first kappa shape index (κ1) is 38.9. The van der Waals surface area contributed by atoms with Crippen molar-refractivity contribution in [1.82, 2.24) is 0 Å². The second-order valence-corrected chi connectivity index (χ2v) is 15.2. The molecular formula is C35H54O16. The maximum atomic E-state index is 12.6. The Kier molecular flexibility index (Phi) is 12.7. The molecule has 0 radical (unpaired) electrons. The lowest BCUT2D eigenvalue weighted by atomic mass is 9.64. The topological polar surface area (TPSA) is 240 Å². The molecule has 6 fully saturated rings. The van der Waals surface area contributed by atoms with Crippen LogP contribution in [0.25, 0.3) is 0 Å². The number of allylic oxidation sites excluding steroid dienone is 1. The molecule has 6 rings (SSSR count). The first-order valence-corrected chi connectivity index (χ1v) is 18.2. The zero-order chi connectivity index (χ0) is 36.6. The number of aliphatic hydroxyl groups excluding tert-OH is 6. The molecule has 0 aromatic carbocycles. The van der Waals surface area contributed by atoms with Crippen molar-refractivity contribution in [3.05, 3.63) is 12.2 Å². The van der Waals surface area contributed by atoms with Gasteiger partial charge in [-0.1, -0.05) is 6.08 Å². The number of methoxy groups -OCH3 is 2. The highest BCUT2D eigenvalue weighted by molar-refractivity contribution is 5.81. The van der Waals surface area contributed by atoms with Crippen LogP contribution in [0.15, 0.2) is 12.2 Å². The van der Waals surface area contributed by atoms with Crippen molar-refractivity contribution in [1.29, 1.82) is 0 Å². The van der Waals surface area contributed by atoms with Gasteiger partial charge in [-0.15, -0.1) is 0 Å². The molecule has 3 aliphatic carbocycles. The minimum Gasteiger partial charge on any atom is -0.479 e. The summed E-state index contributed by atoms with van der Waals surface area (Å²) < 4.78 is 41.8. The molecule has 3 heterocycles. The highest BCUT2D eigenvalue weighted by Crippen LogP contribution is 2.51. The van der Waals surface area contributed by atoms with E-state index in [0.29, 0.717) is 25.7 Å². The molecule has 0 spiro atoms. The Morgan fingerprint density at radius 3 is 2.02 bits per heavy atom. The van der Waals surface area contributed by atoms with E-state index >= 15 is 0 Å². The lowest BCUT2D eigenvalue weighted by molar-refractivity contribution is -0.351. The number of carbonyl (C=O) groups excluding carboxylic acids is 1. The molecule has 0 aromatic rings. The van der Waals surface area contributed by atoms with Gasteiger partial charge in [0.25, 0.3) is 0 Å². The van der Waals surface area contributed by atoms with Crippen LogP contribution in [0.1, 0.15) is 57.8 Å². The zero-order valence-electron chi connectivity index (χ0n) is 29.0. The fraction of sp³-hybridized carbons (Fsp3) is 0.886. The number of esters is 1. The lowest BCUT2D eigenvalue weighted by Crippen LogP contribution is -2.67. The minimum atomic E-state index is -1.74. The number of ether oxygens (including phenoxy) is 7. The Hall–Kier alpha value is -1.80. The summed E-state index contributed by atoms with van der Waals surface area (Å²) >= 11 is 0. The number of rotatable bonds is 10. The van der Waals surface area contributed by atoms with Crippen molar-refractivity contribution in [2.45, 2.75) is 150 Å². The van der Waals surface area contributed by atoms with Gasteiger partial charge in [0.15, 0.2) is 12.4 Å². The van der Waals surface area contributed by atoms with Gasteiger partial charge in [0, 0.05) is 32.6 Å². The Bertz CT molecular complexity index is 1200. The third kappa shape index (κ3) is 8.47. The second kappa shape index (κ2) is 16.7. The second-order valence-electron chi connectivity index (χ2n) is 15.2. The van der Waals surface area contributed by atoms with E-state index in [-0.39, 0.29) is 43.1 Å². The lowest BCUT2D eigenvalue weighted by Gasteiger charge is -2.58. The fourth-order valence-corrected chi connectivity index (χ4v) is 9.29. The van der Waals surface area contributed by atoms with Crippen LogP contribution < -0.4 is 0 Å². The van der Waals surface area contributed by atoms with Gasteiger partial charge in [-0.3, -0.25) is 0 Å². The molecule has 3 saturated carbocycles. The van der Waals surface area contributed by atoms with Crippen LogP contribution in [0.3, 0.4) is 0 Å². The van der Waals surface area contributed by atoms with E-state index in [1.54, 1.807) is 6.08 Å². The van der Waals surface area contributed by atoms with Crippen molar-refractivity contribution in [2.24, 2.45) is 23.7 Å². The number of hydrogen-bond acceptors (Lipinski definition) is 15. The molecule has 7 N–H and O–H groups in total. The van der Waals surface area contributed by atoms with Crippen molar-refractivity contribution < 1.29 is 78.5 Å². The molecule has 3 saturated heterocycles. The molecule has 0 bridgehead atoms. The highest BCUT2D eigenvalue weighted by atomic mass is 16.7. The molecule has 15 atom stereocenters. The summed E-state index contributed by atoms with van der Waals surface area (Å²) in [7, 11) is 2.96. The molecule has 15 unspecified atom stereocenters. The average Bonchev–Trinajstić information content (AvgIpc) is 3.11. The van der Waals surface area contributed by atoms with E-state index in [2.05, 4.69) is 0 Å². The van der Waals surface area contributed by atoms with Crippen LogP contribution in [0.4, 0.5) is 0 Å². The maximum absolute atomic E-state index is 12.6. The van der Waals surface area contributed by atoms with Crippen LogP contribution in [0.5, 0.6) is 0 Å². The van der Waals surface area contributed by atoms with Gasteiger partial charge in [-0.05, 0) is 69.1 Å². The van der Waals surface area contributed by atoms with Crippen LogP contribution >= 0.6 is 0 Å². The molecule has 51 heavy (non-hydrogen) atoms.